The molecule has 0 aliphatic heterocycles. The summed E-state index contributed by atoms with van der Waals surface area (Å²) in [6.07, 6.45) is 1.66. The van der Waals surface area contributed by atoms with Crippen molar-refractivity contribution in [3.63, 3.8) is 0 Å². The van der Waals surface area contributed by atoms with Crippen LogP contribution in [0.2, 0.25) is 0 Å². The SMILES string of the molecule is CCOc1c(C=O)cc(CC)cc1OC. The molecule has 0 heterocycles. The summed E-state index contributed by atoms with van der Waals surface area (Å²) in [4.78, 5) is 10.9. The van der Waals surface area contributed by atoms with Gasteiger partial charge >= 0.3 is 0 Å². The molecule has 0 saturated carbocycles. The van der Waals surface area contributed by atoms with Gasteiger partial charge in [-0.15, -0.1) is 0 Å². The van der Waals surface area contributed by atoms with Gasteiger partial charge in [-0.25, -0.2) is 0 Å². The summed E-state index contributed by atoms with van der Waals surface area (Å²) in [6, 6.07) is 3.73. The third-order valence-electron chi connectivity index (χ3n) is 2.19. The van der Waals surface area contributed by atoms with E-state index in [0.717, 1.165) is 18.3 Å². The van der Waals surface area contributed by atoms with Crippen LogP contribution in [0, 0.1) is 0 Å². The lowest BCUT2D eigenvalue weighted by atomic mass is 10.1. The van der Waals surface area contributed by atoms with E-state index in [2.05, 4.69) is 0 Å². The van der Waals surface area contributed by atoms with Crippen LogP contribution in [0.15, 0.2) is 12.1 Å². The van der Waals surface area contributed by atoms with Crippen LogP contribution in [0.25, 0.3) is 0 Å². The first-order valence-corrected chi connectivity index (χ1v) is 5.05. The van der Waals surface area contributed by atoms with Gasteiger partial charge < -0.3 is 9.47 Å². The number of ether oxygens (including phenoxy) is 2. The number of methoxy groups -OCH3 is 1. The molecule has 0 fully saturated rings. The van der Waals surface area contributed by atoms with Gasteiger partial charge in [-0.2, -0.15) is 0 Å². The molecule has 0 atom stereocenters. The van der Waals surface area contributed by atoms with Crippen LogP contribution in [0.4, 0.5) is 0 Å². The fourth-order valence-electron chi connectivity index (χ4n) is 1.43. The molecular weight excluding hydrogens is 192 g/mol. The van der Waals surface area contributed by atoms with E-state index in [4.69, 9.17) is 9.47 Å². The maximum atomic E-state index is 10.9. The van der Waals surface area contributed by atoms with Crippen LogP contribution in [0.1, 0.15) is 29.8 Å². The van der Waals surface area contributed by atoms with Crippen molar-refractivity contribution in [2.75, 3.05) is 13.7 Å². The minimum Gasteiger partial charge on any atom is -0.493 e. The Kier molecular flexibility index (Phi) is 4.16. The maximum Gasteiger partial charge on any atom is 0.171 e. The Morgan fingerprint density at radius 3 is 2.53 bits per heavy atom. The minimum atomic E-state index is 0.517. The zero-order valence-corrected chi connectivity index (χ0v) is 9.37. The van der Waals surface area contributed by atoms with Crippen LogP contribution in [0.3, 0.4) is 0 Å². The number of aldehydes is 1. The molecule has 1 rings (SSSR count). The second-order valence-electron chi connectivity index (χ2n) is 3.12. The molecule has 1 aromatic rings. The Bertz CT molecular complexity index is 345. The lowest BCUT2D eigenvalue weighted by Crippen LogP contribution is -2.00. The van der Waals surface area contributed by atoms with Crippen molar-refractivity contribution in [3.8, 4) is 11.5 Å². The summed E-state index contributed by atoms with van der Waals surface area (Å²) < 4.78 is 10.6. The largest absolute Gasteiger partial charge is 0.493 e. The summed E-state index contributed by atoms with van der Waals surface area (Å²) in [6.45, 7) is 4.42. The van der Waals surface area contributed by atoms with E-state index in [0.29, 0.717) is 23.7 Å². The van der Waals surface area contributed by atoms with E-state index >= 15 is 0 Å². The number of rotatable bonds is 5. The number of hydrogen-bond donors (Lipinski definition) is 0. The van der Waals surface area contributed by atoms with E-state index in [1.165, 1.54) is 0 Å². The van der Waals surface area contributed by atoms with Crippen LogP contribution in [0.5, 0.6) is 11.5 Å². The van der Waals surface area contributed by atoms with Crippen LogP contribution < -0.4 is 9.47 Å². The standard InChI is InChI=1S/C12H16O3/c1-4-9-6-10(8-13)12(15-5-2)11(7-9)14-3/h6-8H,4-5H2,1-3H3. The molecule has 0 N–H and O–H groups in total. The lowest BCUT2D eigenvalue weighted by Gasteiger charge is -2.12. The van der Waals surface area contributed by atoms with Crippen LogP contribution >= 0.6 is 0 Å². The molecule has 0 radical (unpaired) electrons. The van der Waals surface area contributed by atoms with Crippen molar-refractivity contribution in [2.45, 2.75) is 20.3 Å². The molecule has 3 nitrogen and oxygen atoms in total. The van der Waals surface area contributed by atoms with E-state index in [1.807, 2.05) is 26.0 Å². The van der Waals surface area contributed by atoms with Gasteiger partial charge in [0.1, 0.15) is 0 Å². The third kappa shape index (κ3) is 2.49. The van der Waals surface area contributed by atoms with E-state index < -0.39 is 0 Å². The summed E-state index contributed by atoms with van der Waals surface area (Å²) in [7, 11) is 1.58. The van der Waals surface area contributed by atoms with Gasteiger partial charge in [-0.05, 0) is 31.0 Å². The number of aryl methyl sites for hydroxylation is 1. The average Bonchev–Trinajstić information content (AvgIpc) is 2.29. The highest BCUT2D eigenvalue weighted by Crippen LogP contribution is 2.32. The van der Waals surface area contributed by atoms with Gasteiger partial charge in [0.05, 0.1) is 19.3 Å². The van der Waals surface area contributed by atoms with Crippen LogP contribution in [-0.2, 0) is 6.42 Å². The average molecular weight is 208 g/mol. The van der Waals surface area contributed by atoms with Crippen LogP contribution in [-0.4, -0.2) is 20.0 Å². The number of hydrogen-bond acceptors (Lipinski definition) is 3. The van der Waals surface area contributed by atoms with Gasteiger partial charge in [0, 0.05) is 0 Å². The molecule has 3 heteroatoms. The molecule has 0 spiro atoms. The van der Waals surface area contributed by atoms with Crippen molar-refractivity contribution in [2.24, 2.45) is 0 Å². The summed E-state index contributed by atoms with van der Waals surface area (Å²) in [5, 5.41) is 0. The number of carbonyl (C=O) groups excluding carboxylic acids is 1. The summed E-state index contributed by atoms with van der Waals surface area (Å²) >= 11 is 0. The molecule has 0 amide bonds. The summed E-state index contributed by atoms with van der Waals surface area (Å²) in [5.74, 6) is 1.16. The molecule has 0 unspecified atom stereocenters. The van der Waals surface area contributed by atoms with Crippen molar-refractivity contribution in [1.29, 1.82) is 0 Å². The lowest BCUT2D eigenvalue weighted by molar-refractivity contribution is 0.111. The smallest absolute Gasteiger partial charge is 0.171 e. The molecule has 0 aliphatic carbocycles. The minimum absolute atomic E-state index is 0.517. The van der Waals surface area contributed by atoms with E-state index in [9.17, 15) is 4.79 Å². The Hall–Kier alpha value is -1.51. The first-order valence-electron chi connectivity index (χ1n) is 5.05. The predicted octanol–water partition coefficient (Wildman–Crippen LogP) is 2.47. The van der Waals surface area contributed by atoms with Crippen molar-refractivity contribution in [1.82, 2.24) is 0 Å². The van der Waals surface area contributed by atoms with E-state index in [-0.39, 0.29) is 0 Å². The molecule has 0 aliphatic rings. The zero-order valence-electron chi connectivity index (χ0n) is 9.37. The van der Waals surface area contributed by atoms with Gasteiger partial charge in [-0.1, -0.05) is 6.92 Å². The highest BCUT2D eigenvalue weighted by atomic mass is 16.5. The van der Waals surface area contributed by atoms with Crippen molar-refractivity contribution >= 4 is 6.29 Å². The molecule has 82 valence electrons. The van der Waals surface area contributed by atoms with Gasteiger partial charge in [-0.3, -0.25) is 4.79 Å². The van der Waals surface area contributed by atoms with Gasteiger partial charge in [0.15, 0.2) is 17.8 Å². The molecule has 0 saturated heterocycles. The Labute approximate surface area is 90.0 Å². The molecular formula is C12H16O3. The normalized spacial score (nSPS) is 9.80. The zero-order chi connectivity index (χ0) is 11.3. The molecule has 1 aromatic carbocycles. The monoisotopic (exact) mass is 208 g/mol. The molecule has 15 heavy (non-hydrogen) atoms. The molecule has 0 aromatic heterocycles. The van der Waals surface area contributed by atoms with Gasteiger partial charge in [0.2, 0.25) is 0 Å². The highest BCUT2D eigenvalue weighted by Gasteiger charge is 2.11. The van der Waals surface area contributed by atoms with E-state index in [1.54, 1.807) is 7.11 Å². The molecule has 0 bridgehead atoms. The van der Waals surface area contributed by atoms with Crippen molar-refractivity contribution < 1.29 is 14.3 Å². The fraction of sp³-hybridized carbons (Fsp3) is 0.417. The quantitative estimate of drug-likeness (QED) is 0.697. The van der Waals surface area contributed by atoms with Gasteiger partial charge in [0.25, 0.3) is 0 Å². The number of benzene rings is 1. The topological polar surface area (TPSA) is 35.5 Å². The van der Waals surface area contributed by atoms with Crippen molar-refractivity contribution in [3.05, 3.63) is 23.3 Å². The Balaban J connectivity index is 3.25. The highest BCUT2D eigenvalue weighted by molar-refractivity contribution is 5.81. The first-order chi connectivity index (χ1) is 7.26. The fourth-order valence-corrected chi connectivity index (χ4v) is 1.43. The first kappa shape index (κ1) is 11.6. The predicted molar refractivity (Wildman–Crippen MR) is 58.9 cm³/mol. The Morgan fingerprint density at radius 1 is 1.33 bits per heavy atom. The Morgan fingerprint density at radius 2 is 2.07 bits per heavy atom. The number of carbonyl (C=O) groups is 1. The second-order valence-corrected chi connectivity index (χ2v) is 3.12. The maximum absolute atomic E-state index is 10.9. The second kappa shape index (κ2) is 5.39. The third-order valence-corrected chi connectivity index (χ3v) is 2.19. The summed E-state index contributed by atoms with van der Waals surface area (Å²) in [5.41, 5.74) is 1.62.